The summed E-state index contributed by atoms with van der Waals surface area (Å²) in [5.74, 6) is -1.74. The molecular weight excluding hydrogens is 238 g/mol. The quantitative estimate of drug-likeness (QED) is 0.474. The van der Waals surface area contributed by atoms with Crippen LogP contribution < -0.4 is 11.5 Å². The average molecular weight is 257 g/mol. The lowest BCUT2D eigenvalue weighted by molar-refractivity contribution is -0.151. The van der Waals surface area contributed by atoms with Gasteiger partial charge in [0, 0.05) is 19.0 Å². The summed E-state index contributed by atoms with van der Waals surface area (Å²) in [5, 5.41) is 0. The van der Waals surface area contributed by atoms with Crippen molar-refractivity contribution in [2.24, 2.45) is 17.4 Å². The van der Waals surface area contributed by atoms with Gasteiger partial charge in [-0.05, 0) is 19.8 Å². The van der Waals surface area contributed by atoms with Crippen LogP contribution in [0, 0.1) is 5.92 Å². The van der Waals surface area contributed by atoms with Crippen molar-refractivity contribution >= 4 is 17.8 Å². The lowest BCUT2D eigenvalue weighted by atomic mass is 9.96. The van der Waals surface area contributed by atoms with E-state index in [0.29, 0.717) is 25.9 Å². The van der Waals surface area contributed by atoms with E-state index >= 15 is 0 Å². The minimum atomic E-state index is -1.28. The van der Waals surface area contributed by atoms with E-state index in [2.05, 4.69) is 4.74 Å². The lowest BCUT2D eigenvalue weighted by Crippen LogP contribution is -2.51. The number of hydrogen-bond acceptors (Lipinski definition) is 5. The molecule has 7 heteroatoms. The Morgan fingerprint density at radius 3 is 2.33 bits per heavy atom. The Hall–Kier alpha value is -1.63. The smallest absolute Gasteiger partial charge is 0.332 e. The second-order valence-electron chi connectivity index (χ2n) is 4.23. The van der Waals surface area contributed by atoms with Gasteiger partial charge in [-0.1, -0.05) is 0 Å². The van der Waals surface area contributed by atoms with Crippen LogP contribution in [0.15, 0.2) is 0 Å². The maximum absolute atomic E-state index is 11.9. The molecule has 1 unspecified atom stereocenters. The molecule has 1 aliphatic heterocycles. The number of carbonyl (C=O) groups excluding carboxylic acids is 3. The molecule has 102 valence electrons. The summed E-state index contributed by atoms with van der Waals surface area (Å²) in [6, 6.07) is -1.28. The van der Waals surface area contributed by atoms with Crippen LogP contribution in [0.4, 0.5) is 0 Å². The van der Waals surface area contributed by atoms with Gasteiger partial charge in [-0.25, -0.2) is 4.79 Å². The minimum absolute atomic E-state index is 0.184. The zero-order valence-corrected chi connectivity index (χ0v) is 10.4. The molecular formula is C11H19N3O4. The number of nitrogens with zero attached hydrogens (tertiary/aromatic N) is 1. The van der Waals surface area contributed by atoms with Gasteiger partial charge >= 0.3 is 5.97 Å². The van der Waals surface area contributed by atoms with Crippen LogP contribution in [0.25, 0.3) is 0 Å². The number of likely N-dealkylation sites (tertiary alicyclic amines) is 1. The minimum Gasteiger partial charge on any atom is -0.464 e. The van der Waals surface area contributed by atoms with Crippen molar-refractivity contribution in [3.63, 3.8) is 0 Å². The maximum Gasteiger partial charge on any atom is 0.332 e. The van der Waals surface area contributed by atoms with Crippen molar-refractivity contribution in [1.29, 1.82) is 0 Å². The number of piperidine rings is 1. The van der Waals surface area contributed by atoms with Crippen molar-refractivity contribution in [2.75, 3.05) is 19.7 Å². The number of rotatable bonds is 4. The second-order valence-corrected chi connectivity index (χ2v) is 4.23. The molecule has 1 atom stereocenters. The van der Waals surface area contributed by atoms with E-state index in [-0.39, 0.29) is 18.4 Å². The molecule has 0 aromatic carbocycles. The molecule has 0 spiro atoms. The lowest BCUT2D eigenvalue weighted by Gasteiger charge is -2.31. The second kappa shape index (κ2) is 6.34. The highest BCUT2D eigenvalue weighted by molar-refractivity contribution is 6.01. The summed E-state index contributed by atoms with van der Waals surface area (Å²) in [4.78, 5) is 35.7. The highest BCUT2D eigenvalue weighted by atomic mass is 16.5. The molecule has 0 aromatic heterocycles. The van der Waals surface area contributed by atoms with Gasteiger partial charge in [0.1, 0.15) is 0 Å². The highest BCUT2D eigenvalue weighted by Crippen LogP contribution is 2.17. The van der Waals surface area contributed by atoms with Crippen LogP contribution in [0.3, 0.4) is 0 Å². The maximum atomic E-state index is 11.9. The summed E-state index contributed by atoms with van der Waals surface area (Å²) in [6.45, 7) is 2.61. The van der Waals surface area contributed by atoms with E-state index in [4.69, 9.17) is 11.5 Å². The topological polar surface area (TPSA) is 116 Å². The molecule has 0 saturated carbocycles. The molecule has 0 aliphatic carbocycles. The zero-order valence-electron chi connectivity index (χ0n) is 10.4. The van der Waals surface area contributed by atoms with E-state index in [0.717, 1.165) is 0 Å². The van der Waals surface area contributed by atoms with E-state index in [1.54, 1.807) is 6.92 Å². The standard InChI is InChI=1S/C11H19N3O4/c1-2-18-11(17)8(12)10(16)14-5-3-7(4-6-14)9(13)15/h7-8H,2-6,12H2,1H3,(H2,13,15). The summed E-state index contributed by atoms with van der Waals surface area (Å²) in [6.07, 6.45) is 1.02. The Morgan fingerprint density at radius 2 is 1.89 bits per heavy atom. The van der Waals surface area contributed by atoms with Gasteiger partial charge in [0.05, 0.1) is 6.61 Å². The van der Waals surface area contributed by atoms with E-state index in [1.165, 1.54) is 4.90 Å². The molecule has 4 N–H and O–H groups in total. The van der Waals surface area contributed by atoms with Gasteiger partial charge in [0.25, 0.3) is 5.91 Å². The number of carbonyl (C=O) groups is 3. The molecule has 1 fully saturated rings. The first-order valence-corrected chi connectivity index (χ1v) is 5.97. The number of amides is 2. The van der Waals surface area contributed by atoms with Crippen LogP contribution in [-0.4, -0.2) is 48.4 Å². The van der Waals surface area contributed by atoms with Crippen LogP contribution >= 0.6 is 0 Å². The normalized spacial score (nSPS) is 18.2. The van der Waals surface area contributed by atoms with E-state index < -0.39 is 17.9 Å². The molecule has 0 bridgehead atoms. The third kappa shape index (κ3) is 3.43. The summed E-state index contributed by atoms with van der Waals surface area (Å²) < 4.78 is 4.69. The van der Waals surface area contributed by atoms with Gasteiger partial charge in [-0.15, -0.1) is 0 Å². The Bertz CT molecular complexity index is 337. The van der Waals surface area contributed by atoms with Gasteiger partial charge in [0.15, 0.2) is 6.04 Å². The molecule has 18 heavy (non-hydrogen) atoms. The first-order valence-electron chi connectivity index (χ1n) is 5.97. The fraction of sp³-hybridized carbons (Fsp3) is 0.727. The molecule has 0 radical (unpaired) electrons. The Labute approximate surface area is 105 Å². The first kappa shape index (κ1) is 14.4. The molecule has 1 rings (SSSR count). The third-order valence-electron chi connectivity index (χ3n) is 3.02. The van der Waals surface area contributed by atoms with Crippen molar-refractivity contribution in [3.8, 4) is 0 Å². The van der Waals surface area contributed by atoms with E-state index in [9.17, 15) is 14.4 Å². The first-order chi connectivity index (χ1) is 8.47. The molecule has 0 aromatic rings. The van der Waals surface area contributed by atoms with Crippen LogP contribution in [0.1, 0.15) is 19.8 Å². The predicted octanol–water partition coefficient (Wildman–Crippen LogP) is -1.40. The largest absolute Gasteiger partial charge is 0.464 e. The van der Waals surface area contributed by atoms with Crippen LogP contribution in [-0.2, 0) is 19.1 Å². The number of primary amides is 1. The summed E-state index contributed by atoms with van der Waals surface area (Å²) in [5.41, 5.74) is 10.7. The third-order valence-corrected chi connectivity index (χ3v) is 3.02. The fourth-order valence-electron chi connectivity index (χ4n) is 1.91. The zero-order chi connectivity index (χ0) is 13.7. The van der Waals surface area contributed by atoms with Gasteiger partial charge in [-0.2, -0.15) is 0 Å². The van der Waals surface area contributed by atoms with Gasteiger partial charge in [0.2, 0.25) is 5.91 Å². The number of hydrogen-bond donors (Lipinski definition) is 2. The van der Waals surface area contributed by atoms with E-state index in [1.807, 2.05) is 0 Å². The van der Waals surface area contributed by atoms with Gasteiger partial charge < -0.3 is 21.1 Å². The van der Waals surface area contributed by atoms with Gasteiger partial charge in [-0.3, -0.25) is 9.59 Å². The molecule has 1 heterocycles. The Kier molecular flexibility index (Phi) is 5.08. The monoisotopic (exact) mass is 257 g/mol. The molecule has 1 saturated heterocycles. The average Bonchev–Trinajstić information content (AvgIpc) is 2.37. The SMILES string of the molecule is CCOC(=O)C(N)C(=O)N1CCC(C(N)=O)CC1. The number of esters is 1. The number of ether oxygens (including phenoxy) is 1. The predicted molar refractivity (Wildman–Crippen MR) is 63.1 cm³/mol. The Morgan fingerprint density at radius 1 is 1.33 bits per heavy atom. The number of nitrogens with two attached hydrogens (primary N) is 2. The fourth-order valence-corrected chi connectivity index (χ4v) is 1.91. The molecule has 7 nitrogen and oxygen atoms in total. The van der Waals surface area contributed by atoms with Crippen molar-refractivity contribution in [1.82, 2.24) is 4.90 Å². The van der Waals surface area contributed by atoms with Crippen LogP contribution in [0.5, 0.6) is 0 Å². The van der Waals surface area contributed by atoms with Crippen molar-refractivity contribution < 1.29 is 19.1 Å². The summed E-state index contributed by atoms with van der Waals surface area (Å²) in [7, 11) is 0. The summed E-state index contributed by atoms with van der Waals surface area (Å²) >= 11 is 0. The Balaban J connectivity index is 2.49. The van der Waals surface area contributed by atoms with Crippen LogP contribution in [0.2, 0.25) is 0 Å². The van der Waals surface area contributed by atoms with Crippen molar-refractivity contribution in [3.05, 3.63) is 0 Å². The molecule has 1 aliphatic rings. The molecule has 2 amide bonds. The highest BCUT2D eigenvalue weighted by Gasteiger charge is 2.32. The van der Waals surface area contributed by atoms with Crippen molar-refractivity contribution in [2.45, 2.75) is 25.8 Å².